The number of nitrogens with zero attached hydrogens (tertiary/aromatic N) is 8. The molecule has 4 atom stereocenters. The highest BCUT2D eigenvalue weighted by Gasteiger charge is 2.47. The van der Waals surface area contributed by atoms with Gasteiger partial charge >= 0.3 is 12.1 Å². The summed E-state index contributed by atoms with van der Waals surface area (Å²) in [6, 6.07) is 4.16. The summed E-state index contributed by atoms with van der Waals surface area (Å²) in [6.45, 7) is 13.4. The molecule has 264 valence electrons. The van der Waals surface area contributed by atoms with Crippen LogP contribution in [0.4, 0.5) is 21.6 Å². The van der Waals surface area contributed by atoms with Gasteiger partial charge in [0.05, 0.1) is 23.1 Å². The number of nitrogen functional groups attached to an aromatic ring is 1. The molecule has 0 aromatic carbocycles. The first-order chi connectivity index (χ1) is 23.2. The largest absolute Gasteiger partial charge is 0.444 e. The smallest absolute Gasteiger partial charge is 0.410 e. The van der Waals surface area contributed by atoms with Crippen molar-refractivity contribution in [1.29, 1.82) is 5.26 Å². The zero-order valence-corrected chi connectivity index (χ0v) is 30.2. The topological polar surface area (TPSA) is 180 Å². The molecule has 5 heterocycles. The lowest BCUT2D eigenvalue weighted by molar-refractivity contribution is -0.150. The maximum Gasteiger partial charge on any atom is 0.410 e. The number of hydrogen-bond acceptors (Lipinski definition) is 13. The number of carbonyl (C=O) groups is 2. The summed E-state index contributed by atoms with van der Waals surface area (Å²) in [5, 5.41) is 14.3. The molecule has 1 aliphatic carbocycles. The number of amidine groups is 1. The number of oxime groups is 1. The van der Waals surface area contributed by atoms with Gasteiger partial charge < -0.3 is 40.6 Å². The highest BCUT2D eigenvalue weighted by molar-refractivity contribution is 7.16. The first-order valence-electron chi connectivity index (χ1n) is 17.2. The number of aromatic nitrogens is 2. The van der Waals surface area contributed by atoms with Gasteiger partial charge in [0.15, 0.2) is 5.84 Å². The minimum Gasteiger partial charge on any atom is -0.444 e. The molecule has 4 aliphatic rings. The van der Waals surface area contributed by atoms with Gasteiger partial charge in [-0.3, -0.25) is 0 Å². The maximum absolute atomic E-state index is 13.7. The van der Waals surface area contributed by atoms with Crippen LogP contribution in [0, 0.1) is 11.3 Å². The molecule has 15 heteroatoms. The summed E-state index contributed by atoms with van der Waals surface area (Å²) in [5.74, 6) is 0.561. The lowest BCUT2D eigenvalue weighted by Crippen LogP contribution is -2.42. The van der Waals surface area contributed by atoms with Gasteiger partial charge in [-0.2, -0.15) is 10.2 Å². The van der Waals surface area contributed by atoms with Gasteiger partial charge in [0, 0.05) is 48.7 Å². The number of rotatable bonds is 5. The van der Waals surface area contributed by atoms with E-state index in [9.17, 15) is 14.9 Å². The van der Waals surface area contributed by atoms with E-state index in [1.807, 2.05) is 25.7 Å². The van der Waals surface area contributed by atoms with Crippen LogP contribution in [-0.2, 0) is 26.2 Å². The zero-order chi connectivity index (χ0) is 35.2. The van der Waals surface area contributed by atoms with Gasteiger partial charge in [-0.1, -0.05) is 5.16 Å². The van der Waals surface area contributed by atoms with E-state index in [-0.39, 0.29) is 30.1 Å². The minimum atomic E-state index is -1.08. The average Bonchev–Trinajstić information content (AvgIpc) is 3.70. The van der Waals surface area contributed by atoms with E-state index in [2.05, 4.69) is 39.9 Å². The second kappa shape index (κ2) is 13.3. The molecular weight excluding hydrogens is 645 g/mol. The summed E-state index contributed by atoms with van der Waals surface area (Å²) in [4.78, 5) is 51.7. The molecule has 2 unspecified atom stereocenters. The first-order valence-corrected chi connectivity index (χ1v) is 18.0. The van der Waals surface area contributed by atoms with E-state index < -0.39 is 17.0 Å². The first kappa shape index (κ1) is 34.7. The summed E-state index contributed by atoms with van der Waals surface area (Å²) in [7, 11) is 2.11. The zero-order valence-electron chi connectivity index (χ0n) is 29.4. The number of nitriles is 1. The standard InChI is InChI=1S/C34H48N10O4S/c1-20-19-41(6)13-8-14-42(20)31-38-22(17-26(39-31)43-15-10-24-23(43)11-16-44(24)32(46)47-33(2,3)4)28(36)40-48-30(45)34(5)12-7-9-25-27(34)21(18-35)29(37)49-25/h17,20,23-24H,7-16,19,37H2,1-6H3,(H2,36,40)/t20-,23?,24?,34-/m0/s1. The van der Waals surface area contributed by atoms with Crippen molar-refractivity contribution in [3.63, 3.8) is 0 Å². The van der Waals surface area contributed by atoms with Crippen molar-refractivity contribution in [2.24, 2.45) is 10.9 Å². The number of amides is 1. The molecule has 14 nitrogen and oxygen atoms in total. The van der Waals surface area contributed by atoms with Crippen molar-refractivity contribution in [2.75, 3.05) is 55.3 Å². The quantitative estimate of drug-likeness (QED) is 0.202. The molecule has 6 rings (SSSR count). The Kier molecular flexibility index (Phi) is 9.40. The van der Waals surface area contributed by atoms with Crippen LogP contribution in [0.25, 0.3) is 0 Å². The van der Waals surface area contributed by atoms with E-state index in [4.69, 9.17) is 31.0 Å². The number of hydrogen-bond donors (Lipinski definition) is 2. The van der Waals surface area contributed by atoms with Crippen molar-refractivity contribution in [1.82, 2.24) is 19.8 Å². The van der Waals surface area contributed by atoms with Gasteiger partial charge in [-0.15, -0.1) is 11.3 Å². The number of nitrogens with two attached hydrogens (primary N) is 2. The Bertz CT molecular complexity index is 1680. The fourth-order valence-corrected chi connectivity index (χ4v) is 9.04. The third kappa shape index (κ3) is 6.72. The molecule has 0 spiro atoms. The van der Waals surface area contributed by atoms with Crippen LogP contribution in [0.2, 0.25) is 0 Å². The van der Waals surface area contributed by atoms with Crippen LogP contribution in [0.1, 0.15) is 88.4 Å². The number of likely N-dealkylation sites (N-methyl/N-ethyl adjacent to an activating group) is 1. The van der Waals surface area contributed by atoms with E-state index in [0.717, 1.165) is 56.6 Å². The van der Waals surface area contributed by atoms with Crippen LogP contribution in [0.15, 0.2) is 11.2 Å². The third-order valence-corrected chi connectivity index (χ3v) is 11.3. The number of ether oxygens (including phenoxy) is 1. The lowest BCUT2D eigenvalue weighted by Gasteiger charge is -2.31. The summed E-state index contributed by atoms with van der Waals surface area (Å²) in [5.41, 5.74) is 12.3. The van der Waals surface area contributed by atoms with E-state index in [1.165, 1.54) is 11.3 Å². The third-order valence-electron chi connectivity index (χ3n) is 10.2. The van der Waals surface area contributed by atoms with Crippen LogP contribution < -0.4 is 21.3 Å². The highest BCUT2D eigenvalue weighted by Crippen LogP contribution is 2.46. The number of likely N-dealkylation sites (tertiary alicyclic amines) is 1. The molecule has 0 radical (unpaired) electrons. The number of aryl methyl sites for hydroxylation is 1. The average molecular weight is 693 g/mol. The fraction of sp³-hybridized carbons (Fsp3) is 0.647. The van der Waals surface area contributed by atoms with Crippen molar-refractivity contribution in [2.45, 2.75) is 102 Å². The molecule has 49 heavy (non-hydrogen) atoms. The number of thiophene rings is 1. The molecule has 2 aromatic rings. The van der Waals surface area contributed by atoms with Crippen LogP contribution in [0.5, 0.6) is 0 Å². The lowest BCUT2D eigenvalue weighted by atomic mass is 9.72. The highest BCUT2D eigenvalue weighted by atomic mass is 32.1. The van der Waals surface area contributed by atoms with Crippen LogP contribution in [0.3, 0.4) is 0 Å². The number of anilines is 3. The van der Waals surface area contributed by atoms with Gasteiger partial charge in [0.1, 0.15) is 28.2 Å². The molecule has 1 amide bonds. The SMILES string of the molecule is C[C@H]1CN(C)CCCN1c1nc(/C(N)=N/OC(=O)[C@@]2(C)CCCc3sc(N)c(C#N)c32)cc(N2CCC3C2CCN3C(=O)OC(C)(C)C)n1. The molecule has 3 aliphatic heterocycles. The van der Waals surface area contributed by atoms with Gasteiger partial charge in [-0.25, -0.2) is 14.6 Å². The van der Waals surface area contributed by atoms with Crippen molar-refractivity contribution in [3.8, 4) is 6.07 Å². The Labute approximate surface area is 292 Å². The van der Waals surface area contributed by atoms with Gasteiger partial charge in [-0.05, 0) is 86.7 Å². The molecule has 3 saturated heterocycles. The Morgan fingerprint density at radius 1 is 1.12 bits per heavy atom. The number of carbonyl (C=O) groups excluding carboxylic acids is 2. The van der Waals surface area contributed by atoms with Crippen molar-refractivity contribution in [3.05, 3.63) is 27.8 Å². The van der Waals surface area contributed by atoms with Crippen molar-refractivity contribution < 1.29 is 19.2 Å². The Balaban J connectivity index is 1.30. The summed E-state index contributed by atoms with van der Waals surface area (Å²) < 4.78 is 5.72. The van der Waals surface area contributed by atoms with E-state index in [0.29, 0.717) is 53.1 Å². The molecule has 2 aromatic heterocycles. The van der Waals surface area contributed by atoms with E-state index >= 15 is 0 Å². The molecule has 3 fully saturated rings. The number of fused-ring (bicyclic) bond motifs is 2. The summed E-state index contributed by atoms with van der Waals surface area (Å²) in [6.07, 6.45) is 4.23. The predicted molar refractivity (Wildman–Crippen MR) is 189 cm³/mol. The van der Waals surface area contributed by atoms with Gasteiger partial charge in [0.25, 0.3) is 0 Å². The van der Waals surface area contributed by atoms with Crippen LogP contribution >= 0.6 is 11.3 Å². The normalized spacial score (nSPS) is 26.2. The summed E-state index contributed by atoms with van der Waals surface area (Å²) >= 11 is 1.35. The van der Waals surface area contributed by atoms with Gasteiger partial charge in [0.2, 0.25) is 5.95 Å². The second-order valence-electron chi connectivity index (χ2n) is 14.9. The maximum atomic E-state index is 13.7. The Morgan fingerprint density at radius 3 is 2.61 bits per heavy atom. The molecule has 4 N–H and O–H groups in total. The van der Waals surface area contributed by atoms with Crippen molar-refractivity contribution >= 4 is 46.0 Å². The predicted octanol–water partition coefficient (Wildman–Crippen LogP) is 3.57. The molecular formula is C34H48N10O4S. The molecule has 0 saturated carbocycles. The Hall–Kier alpha value is -4.16. The fourth-order valence-electron chi connectivity index (χ4n) is 7.85. The Morgan fingerprint density at radius 2 is 1.88 bits per heavy atom. The minimum absolute atomic E-state index is 0.0000143. The monoisotopic (exact) mass is 692 g/mol. The second-order valence-corrected chi connectivity index (χ2v) is 16.1. The molecule has 0 bridgehead atoms. The van der Waals surface area contributed by atoms with Crippen LogP contribution in [-0.4, -0.2) is 101 Å². The van der Waals surface area contributed by atoms with E-state index in [1.54, 1.807) is 13.0 Å².